The maximum absolute atomic E-state index is 12.9. The van der Waals surface area contributed by atoms with Gasteiger partial charge >= 0.3 is 0 Å². The molecule has 2 aromatic heterocycles. The third-order valence-electron chi connectivity index (χ3n) is 6.53. The highest BCUT2D eigenvalue weighted by Crippen LogP contribution is 2.36. The van der Waals surface area contributed by atoms with Crippen LogP contribution in [0.1, 0.15) is 28.8 Å². The minimum absolute atomic E-state index is 0.0605. The van der Waals surface area contributed by atoms with Gasteiger partial charge in [0.25, 0.3) is 5.56 Å². The first-order chi connectivity index (χ1) is 16.7. The molecule has 34 heavy (non-hydrogen) atoms. The Morgan fingerprint density at radius 3 is 2.76 bits per heavy atom. The Labute approximate surface area is 201 Å². The number of hydrogen-bond acceptors (Lipinski definition) is 5. The van der Waals surface area contributed by atoms with Crippen molar-refractivity contribution in [3.63, 3.8) is 0 Å². The van der Waals surface area contributed by atoms with Crippen molar-refractivity contribution in [1.82, 2.24) is 9.97 Å². The molecule has 5 aromatic rings. The molecule has 0 amide bonds. The van der Waals surface area contributed by atoms with Gasteiger partial charge in [-0.2, -0.15) is 0 Å². The number of H-pyrrole nitrogens is 1. The SMILES string of the molecule is COc1cc(-c2nc3sc4c(c3c(=O)[nH]2)CCCC4)ccc1OCc1cccc2ccccc12. The molecule has 0 aliphatic heterocycles. The van der Waals surface area contributed by atoms with E-state index in [1.54, 1.807) is 18.4 Å². The number of benzene rings is 3. The smallest absolute Gasteiger partial charge is 0.260 e. The van der Waals surface area contributed by atoms with Crippen molar-refractivity contribution < 1.29 is 9.47 Å². The molecule has 0 atom stereocenters. The molecular formula is C28H24N2O3S. The fourth-order valence-corrected chi connectivity index (χ4v) is 6.07. The molecule has 170 valence electrons. The summed E-state index contributed by atoms with van der Waals surface area (Å²) < 4.78 is 11.8. The highest BCUT2D eigenvalue weighted by molar-refractivity contribution is 7.18. The van der Waals surface area contributed by atoms with Crippen LogP contribution in [0, 0.1) is 0 Å². The largest absolute Gasteiger partial charge is 0.493 e. The molecule has 0 spiro atoms. The summed E-state index contributed by atoms with van der Waals surface area (Å²) in [5, 5.41) is 3.13. The predicted octanol–water partition coefficient (Wildman–Crippen LogP) is 6.27. The summed E-state index contributed by atoms with van der Waals surface area (Å²) in [7, 11) is 1.62. The number of nitrogens with one attached hydrogen (secondary N) is 1. The normalized spacial score (nSPS) is 13.2. The van der Waals surface area contributed by atoms with Crippen LogP contribution in [0.4, 0.5) is 0 Å². The van der Waals surface area contributed by atoms with Crippen LogP contribution in [0.15, 0.2) is 65.5 Å². The van der Waals surface area contributed by atoms with Crippen LogP contribution >= 0.6 is 11.3 Å². The molecule has 0 saturated heterocycles. The van der Waals surface area contributed by atoms with E-state index in [2.05, 4.69) is 29.2 Å². The van der Waals surface area contributed by atoms with Crippen LogP contribution in [-0.4, -0.2) is 17.1 Å². The zero-order chi connectivity index (χ0) is 23.1. The summed E-state index contributed by atoms with van der Waals surface area (Å²) in [5.41, 5.74) is 3.04. The summed E-state index contributed by atoms with van der Waals surface area (Å²) in [6.07, 6.45) is 4.33. The summed E-state index contributed by atoms with van der Waals surface area (Å²) in [6, 6.07) is 20.2. The first-order valence-electron chi connectivity index (χ1n) is 11.5. The molecule has 0 fully saturated rings. The monoisotopic (exact) mass is 468 g/mol. The van der Waals surface area contributed by atoms with Crippen molar-refractivity contribution in [2.45, 2.75) is 32.3 Å². The summed E-state index contributed by atoms with van der Waals surface area (Å²) in [5.74, 6) is 1.80. The number of ether oxygens (including phenoxy) is 2. The Hall–Kier alpha value is -3.64. The lowest BCUT2D eigenvalue weighted by molar-refractivity contribution is 0.286. The lowest BCUT2D eigenvalue weighted by atomic mass is 9.97. The zero-order valence-electron chi connectivity index (χ0n) is 18.9. The predicted molar refractivity (Wildman–Crippen MR) is 137 cm³/mol. The second-order valence-corrected chi connectivity index (χ2v) is 9.68. The highest BCUT2D eigenvalue weighted by Gasteiger charge is 2.20. The summed E-state index contributed by atoms with van der Waals surface area (Å²) in [4.78, 5) is 22.9. The van der Waals surface area contributed by atoms with Crippen molar-refractivity contribution in [3.05, 3.63) is 87.0 Å². The van der Waals surface area contributed by atoms with E-state index in [0.717, 1.165) is 40.6 Å². The van der Waals surface area contributed by atoms with Gasteiger partial charge in [0.05, 0.1) is 12.5 Å². The van der Waals surface area contributed by atoms with Crippen LogP contribution in [0.3, 0.4) is 0 Å². The van der Waals surface area contributed by atoms with Crippen LogP contribution in [0.2, 0.25) is 0 Å². The Balaban J connectivity index is 1.32. The van der Waals surface area contributed by atoms with Crippen LogP contribution in [0.5, 0.6) is 11.5 Å². The summed E-state index contributed by atoms with van der Waals surface area (Å²) in [6.45, 7) is 0.429. The Morgan fingerprint density at radius 1 is 1.00 bits per heavy atom. The summed E-state index contributed by atoms with van der Waals surface area (Å²) >= 11 is 1.66. The fraction of sp³-hybridized carbons (Fsp3) is 0.214. The average Bonchev–Trinajstić information content (AvgIpc) is 3.26. The molecule has 1 aliphatic rings. The van der Waals surface area contributed by atoms with Gasteiger partial charge in [0.15, 0.2) is 11.5 Å². The molecule has 6 heteroatoms. The van der Waals surface area contributed by atoms with Crippen LogP contribution in [0.25, 0.3) is 32.4 Å². The van der Waals surface area contributed by atoms with E-state index in [9.17, 15) is 4.79 Å². The van der Waals surface area contributed by atoms with E-state index >= 15 is 0 Å². The van der Waals surface area contributed by atoms with E-state index in [1.807, 2.05) is 36.4 Å². The highest BCUT2D eigenvalue weighted by atomic mass is 32.1. The van der Waals surface area contributed by atoms with Gasteiger partial charge in [-0.05, 0) is 65.8 Å². The minimum atomic E-state index is -0.0605. The zero-order valence-corrected chi connectivity index (χ0v) is 19.7. The maximum Gasteiger partial charge on any atom is 0.260 e. The lowest BCUT2D eigenvalue weighted by Gasteiger charge is -2.13. The Morgan fingerprint density at radius 2 is 1.85 bits per heavy atom. The molecule has 3 aromatic carbocycles. The van der Waals surface area contributed by atoms with Gasteiger partial charge in [-0.25, -0.2) is 4.98 Å². The van der Waals surface area contributed by atoms with Gasteiger partial charge < -0.3 is 14.5 Å². The number of hydrogen-bond donors (Lipinski definition) is 1. The standard InChI is InChI=1S/C28H24N2O3S/c1-32-23-15-18(26-29-27(31)25-21-11-4-5-12-24(21)34-28(25)30-26)13-14-22(23)33-16-19-9-6-8-17-7-2-3-10-20(17)19/h2-3,6-10,13-15H,4-5,11-12,16H2,1H3,(H,29,30,31). The van der Waals surface area contributed by atoms with Gasteiger partial charge in [0, 0.05) is 10.4 Å². The molecule has 0 radical (unpaired) electrons. The first kappa shape index (κ1) is 20.9. The molecule has 5 nitrogen and oxygen atoms in total. The van der Waals surface area contributed by atoms with Gasteiger partial charge in [0.2, 0.25) is 0 Å². The van der Waals surface area contributed by atoms with Crippen molar-refractivity contribution >= 4 is 32.3 Å². The molecule has 0 unspecified atom stereocenters. The van der Waals surface area contributed by atoms with Gasteiger partial charge in [-0.1, -0.05) is 42.5 Å². The van der Waals surface area contributed by atoms with E-state index in [4.69, 9.17) is 14.5 Å². The van der Waals surface area contributed by atoms with Crippen LogP contribution < -0.4 is 15.0 Å². The van der Waals surface area contributed by atoms with Gasteiger partial charge in [-0.15, -0.1) is 11.3 Å². The quantitative estimate of drug-likeness (QED) is 0.330. The van der Waals surface area contributed by atoms with E-state index in [1.165, 1.54) is 27.6 Å². The van der Waals surface area contributed by atoms with Crippen molar-refractivity contribution in [3.8, 4) is 22.9 Å². The Kier molecular flexibility index (Phi) is 5.30. The first-order valence-corrected chi connectivity index (χ1v) is 12.4. The molecule has 6 rings (SSSR count). The number of rotatable bonds is 5. The molecule has 2 heterocycles. The third-order valence-corrected chi connectivity index (χ3v) is 7.71. The van der Waals surface area contributed by atoms with Crippen molar-refractivity contribution in [2.75, 3.05) is 7.11 Å². The Bertz CT molecular complexity index is 1580. The number of aryl methyl sites for hydroxylation is 2. The second kappa shape index (κ2) is 8.61. The second-order valence-electron chi connectivity index (χ2n) is 8.60. The topological polar surface area (TPSA) is 64.2 Å². The molecular weight excluding hydrogens is 444 g/mol. The number of nitrogens with zero attached hydrogens (tertiary/aromatic N) is 1. The fourth-order valence-electron chi connectivity index (χ4n) is 4.81. The third kappa shape index (κ3) is 3.64. The van der Waals surface area contributed by atoms with E-state index < -0.39 is 0 Å². The van der Waals surface area contributed by atoms with Crippen molar-refractivity contribution in [2.24, 2.45) is 0 Å². The average molecular weight is 469 g/mol. The number of aromatic nitrogens is 2. The minimum Gasteiger partial charge on any atom is -0.493 e. The van der Waals surface area contributed by atoms with Gasteiger partial charge in [0.1, 0.15) is 17.3 Å². The lowest BCUT2D eigenvalue weighted by Crippen LogP contribution is -2.11. The van der Waals surface area contributed by atoms with E-state index in [0.29, 0.717) is 23.9 Å². The van der Waals surface area contributed by atoms with Gasteiger partial charge in [-0.3, -0.25) is 4.79 Å². The molecule has 1 aliphatic carbocycles. The molecule has 0 bridgehead atoms. The number of fused-ring (bicyclic) bond motifs is 4. The van der Waals surface area contributed by atoms with Crippen LogP contribution in [-0.2, 0) is 19.4 Å². The number of thiophene rings is 1. The maximum atomic E-state index is 12.9. The molecule has 1 N–H and O–H groups in total. The number of aromatic amines is 1. The van der Waals surface area contributed by atoms with Crippen molar-refractivity contribution in [1.29, 1.82) is 0 Å². The number of methoxy groups -OCH3 is 1. The van der Waals surface area contributed by atoms with E-state index in [-0.39, 0.29) is 5.56 Å². The molecule has 0 saturated carbocycles.